The van der Waals surface area contributed by atoms with Crippen molar-refractivity contribution in [2.45, 2.75) is 38.0 Å². The molecular weight excluding hydrogens is 318 g/mol. The molecule has 2 aromatic carbocycles. The fourth-order valence-electron chi connectivity index (χ4n) is 5.54. The summed E-state index contributed by atoms with van der Waals surface area (Å²) < 4.78 is 0. The largest absolute Gasteiger partial charge is 0.395 e. The van der Waals surface area contributed by atoms with Gasteiger partial charge in [-0.2, -0.15) is 0 Å². The second-order valence-corrected chi connectivity index (χ2v) is 8.36. The molecule has 1 N–H and O–H groups in total. The first-order valence-corrected chi connectivity index (χ1v) is 10.2. The monoisotopic (exact) mass is 349 g/mol. The van der Waals surface area contributed by atoms with Crippen LogP contribution in [0.2, 0.25) is 0 Å². The Labute approximate surface area is 157 Å². The molecule has 0 aliphatic carbocycles. The highest BCUT2D eigenvalue weighted by Crippen LogP contribution is 2.47. The molecule has 0 amide bonds. The van der Waals surface area contributed by atoms with Crippen LogP contribution in [0.3, 0.4) is 0 Å². The molecule has 3 heterocycles. The van der Waals surface area contributed by atoms with Crippen LogP contribution in [-0.2, 0) is 11.8 Å². The zero-order valence-corrected chi connectivity index (χ0v) is 15.9. The summed E-state index contributed by atoms with van der Waals surface area (Å²) in [6.07, 6.45) is 4.64. The Kier molecular flexibility index (Phi) is 5.15. The van der Waals surface area contributed by atoms with Crippen LogP contribution < -0.4 is 0 Å². The fraction of sp³-hybridized carbons (Fsp3) is 0.500. The van der Waals surface area contributed by atoms with Crippen LogP contribution in [-0.4, -0.2) is 36.2 Å². The van der Waals surface area contributed by atoms with Gasteiger partial charge in [-0.3, -0.25) is 0 Å². The molecule has 138 valence electrons. The molecule has 5 rings (SSSR count). The van der Waals surface area contributed by atoms with E-state index in [4.69, 9.17) is 0 Å². The molecule has 3 aliphatic rings. The first kappa shape index (κ1) is 17.8. The van der Waals surface area contributed by atoms with E-state index in [1.807, 2.05) is 0 Å². The van der Waals surface area contributed by atoms with Gasteiger partial charge in [-0.1, -0.05) is 54.6 Å². The summed E-state index contributed by atoms with van der Waals surface area (Å²) in [6, 6.07) is 19.5. The van der Waals surface area contributed by atoms with Crippen molar-refractivity contribution in [3.8, 4) is 0 Å². The Hall–Kier alpha value is -1.64. The summed E-state index contributed by atoms with van der Waals surface area (Å²) in [4.78, 5) is 2.62. The van der Waals surface area contributed by atoms with E-state index in [9.17, 15) is 5.11 Å². The predicted octanol–water partition coefficient (Wildman–Crippen LogP) is 4.20. The van der Waals surface area contributed by atoms with Gasteiger partial charge in [0.05, 0.1) is 6.61 Å². The van der Waals surface area contributed by atoms with Crippen molar-refractivity contribution in [3.63, 3.8) is 0 Å². The van der Waals surface area contributed by atoms with E-state index in [1.54, 1.807) is 0 Å². The van der Waals surface area contributed by atoms with Gasteiger partial charge < -0.3 is 10.0 Å². The molecule has 2 nitrogen and oxygen atoms in total. The smallest absolute Gasteiger partial charge is 0.0531 e. The van der Waals surface area contributed by atoms with E-state index in [0.29, 0.717) is 5.92 Å². The van der Waals surface area contributed by atoms with Gasteiger partial charge in [0.15, 0.2) is 0 Å². The average molecular weight is 350 g/mol. The number of piperidine rings is 3. The van der Waals surface area contributed by atoms with Gasteiger partial charge in [-0.05, 0) is 74.2 Å². The van der Waals surface area contributed by atoms with Crippen LogP contribution in [0, 0.1) is 18.8 Å². The summed E-state index contributed by atoms with van der Waals surface area (Å²) in [5.74, 6) is 1.31. The molecule has 2 heteroatoms. The van der Waals surface area contributed by atoms with Crippen molar-refractivity contribution in [3.05, 3.63) is 71.3 Å². The van der Waals surface area contributed by atoms with Crippen LogP contribution in [0.15, 0.2) is 54.6 Å². The minimum absolute atomic E-state index is 0.134. The van der Waals surface area contributed by atoms with Gasteiger partial charge in [0, 0.05) is 12.0 Å². The highest BCUT2D eigenvalue weighted by atomic mass is 16.3. The molecule has 26 heavy (non-hydrogen) atoms. The number of aliphatic hydroxyl groups is 1. The summed E-state index contributed by atoms with van der Waals surface area (Å²) in [5.41, 5.74) is 3.94. The fourth-order valence-corrected chi connectivity index (χ4v) is 5.54. The molecular formula is C24H31NO. The lowest BCUT2D eigenvalue weighted by atomic mass is 9.59. The van der Waals surface area contributed by atoms with E-state index in [2.05, 4.69) is 66.4 Å². The maximum Gasteiger partial charge on any atom is 0.0531 e. The summed E-state index contributed by atoms with van der Waals surface area (Å²) in [5, 5.41) is 10.8. The van der Waals surface area contributed by atoms with Gasteiger partial charge in [-0.25, -0.2) is 0 Å². The van der Waals surface area contributed by atoms with Crippen LogP contribution in [0.4, 0.5) is 0 Å². The minimum atomic E-state index is -0.134. The zero-order chi connectivity index (χ0) is 18.0. The molecule has 0 radical (unpaired) electrons. The van der Waals surface area contributed by atoms with E-state index < -0.39 is 0 Å². The van der Waals surface area contributed by atoms with Gasteiger partial charge in [0.2, 0.25) is 0 Å². The highest BCUT2D eigenvalue weighted by Gasteiger charge is 2.48. The molecule has 2 bridgehead atoms. The Bertz CT molecular complexity index is 720. The van der Waals surface area contributed by atoms with Crippen molar-refractivity contribution in [1.29, 1.82) is 0 Å². The molecule has 2 atom stereocenters. The lowest BCUT2D eigenvalue weighted by Gasteiger charge is -2.53. The average Bonchev–Trinajstić information content (AvgIpc) is 2.72. The topological polar surface area (TPSA) is 23.5 Å². The first-order valence-electron chi connectivity index (χ1n) is 10.2. The van der Waals surface area contributed by atoms with Crippen LogP contribution >= 0.6 is 0 Å². The van der Waals surface area contributed by atoms with Crippen LogP contribution in [0.25, 0.3) is 0 Å². The van der Waals surface area contributed by atoms with E-state index in [-0.39, 0.29) is 12.0 Å². The zero-order valence-electron chi connectivity index (χ0n) is 15.9. The standard InChI is InChI=1S/C24H31NO/c1-19-7-5-6-10-22(19)24(18-26,14-11-20-8-3-2-4-9-20)23-17-25-15-12-21(23)13-16-25/h2-10,21,23,26H,11-18H2,1H3. The molecule has 2 aromatic rings. The van der Waals surface area contributed by atoms with Gasteiger partial charge in [0.1, 0.15) is 0 Å². The third-order valence-electron chi connectivity index (χ3n) is 7.03. The molecule has 0 saturated carbocycles. The number of fused-ring (bicyclic) bond motifs is 3. The normalized spacial score (nSPS) is 27.2. The van der Waals surface area contributed by atoms with Crippen molar-refractivity contribution in [1.82, 2.24) is 4.90 Å². The number of rotatable bonds is 6. The highest BCUT2D eigenvalue weighted by molar-refractivity contribution is 5.36. The van der Waals surface area contributed by atoms with Gasteiger partial charge in [-0.15, -0.1) is 0 Å². The van der Waals surface area contributed by atoms with Crippen molar-refractivity contribution in [2.75, 3.05) is 26.2 Å². The second-order valence-electron chi connectivity index (χ2n) is 8.36. The maximum absolute atomic E-state index is 10.8. The number of benzene rings is 2. The third-order valence-corrected chi connectivity index (χ3v) is 7.03. The molecule has 3 aliphatic heterocycles. The van der Waals surface area contributed by atoms with Crippen LogP contribution in [0.5, 0.6) is 0 Å². The third kappa shape index (κ3) is 3.21. The van der Waals surface area contributed by atoms with Crippen LogP contribution in [0.1, 0.15) is 36.0 Å². The Balaban J connectivity index is 1.71. The number of aryl methyl sites for hydroxylation is 2. The summed E-state index contributed by atoms with van der Waals surface area (Å²) in [6.45, 7) is 6.10. The minimum Gasteiger partial charge on any atom is -0.395 e. The van der Waals surface area contributed by atoms with Crippen molar-refractivity contribution < 1.29 is 5.11 Å². The van der Waals surface area contributed by atoms with E-state index in [0.717, 1.165) is 25.3 Å². The number of hydrogen-bond donors (Lipinski definition) is 1. The van der Waals surface area contributed by atoms with E-state index in [1.165, 1.54) is 42.6 Å². The first-order chi connectivity index (χ1) is 12.7. The maximum atomic E-state index is 10.8. The van der Waals surface area contributed by atoms with Crippen molar-refractivity contribution >= 4 is 0 Å². The number of hydrogen-bond acceptors (Lipinski definition) is 2. The van der Waals surface area contributed by atoms with Gasteiger partial charge in [0.25, 0.3) is 0 Å². The molecule has 3 fully saturated rings. The Morgan fingerprint density at radius 1 is 1.00 bits per heavy atom. The quantitative estimate of drug-likeness (QED) is 0.845. The number of aliphatic hydroxyl groups excluding tert-OH is 1. The summed E-state index contributed by atoms with van der Waals surface area (Å²) in [7, 11) is 0. The molecule has 3 saturated heterocycles. The lowest BCUT2D eigenvalue weighted by molar-refractivity contribution is -0.0185. The molecule has 2 unspecified atom stereocenters. The Morgan fingerprint density at radius 2 is 1.69 bits per heavy atom. The number of nitrogens with zero attached hydrogens (tertiary/aromatic N) is 1. The lowest BCUT2D eigenvalue weighted by Crippen LogP contribution is -2.56. The Morgan fingerprint density at radius 3 is 2.31 bits per heavy atom. The van der Waals surface area contributed by atoms with Gasteiger partial charge >= 0.3 is 0 Å². The second kappa shape index (κ2) is 7.54. The summed E-state index contributed by atoms with van der Waals surface area (Å²) >= 11 is 0. The van der Waals surface area contributed by atoms with Crippen molar-refractivity contribution in [2.24, 2.45) is 11.8 Å². The SMILES string of the molecule is Cc1ccccc1C(CO)(CCc1ccccc1)C1CN2CCC1CC2. The molecule has 0 spiro atoms. The predicted molar refractivity (Wildman–Crippen MR) is 107 cm³/mol. The molecule has 0 aromatic heterocycles. The van der Waals surface area contributed by atoms with E-state index >= 15 is 0 Å².